The van der Waals surface area contributed by atoms with Crippen LogP contribution in [0.15, 0.2) is 16.7 Å². The third kappa shape index (κ3) is 2.68. The predicted octanol–water partition coefficient (Wildman–Crippen LogP) is 1.33. The number of hydrogen-bond donors (Lipinski definition) is 1. The quantitative estimate of drug-likeness (QED) is 0.803. The van der Waals surface area contributed by atoms with E-state index in [1.807, 2.05) is 0 Å². The van der Waals surface area contributed by atoms with Gasteiger partial charge in [-0.2, -0.15) is 0 Å². The van der Waals surface area contributed by atoms with Crippen molar-refractivity contribution < 1.29 is 18.7 Å². The molecular formula is C12H17NO4. The summed E-state index contributed by atoms with van der Waals surface area (Å²) in [5, 5.41) is 3.39. The van der Waals surface area contributed by atoms with Gasteiger partial charge in [0.2, 0.25) is 5.76 Å². The third-order valence-corrected chi connectivity index (χ3v) is 3.04. The summed E-state index contributed by atoms with van der Waals surface area (Å²) < 4.78 is 15.1. The summed E-state index contributed by atoms with van der Waals surface area (Å²) in [5.74, 6) is -0.179. The Morgan fingerprint density at radius 3 is 3.12 bits per heavy atom. The minimum absolute atomic E-state index is 0.0232. The van der Waals surface area contributed by atoms with Gasteiger partial charge >= 0.3 is 5.97 Å². The molecule has 1 fully saturated rings. The van der Waals surface area contributed by atoms with Crippen molar-refractivity contribution in [3.8, 4) is 0 Å². The van der Waals surface area contributed by atoms with Gasteiger partial charge in [0.05, 0.1) is 20.0 Å². The zero-order valence-electron chi connectivity index (χ0n) is 10.1. The molecule has 2 heterocycles. The van der Waals surface area contributed by atoms with Crippen molar-refractivity contribution in [3.63, 3.8) is 0 Å². The molecule has 0 spiro atoms. The van der Waals surface area contributed by atoms with Gasteiger partial charge in [-0.1, -0.05) is 0 Å². The van der Waals surface area contributed by atoms with E-state index in [1.165, 1.54) is 13.4 Å². The fraction of sp³-hybridized carbons (Fsp3) is 0.583. The Kier molecular flexibility index (Phi) is 3.49. The van der Waals surface area contributed by atoms with E-state index < -0.39 is 5.97 Å². The molecule has 1 aliphatic heterocycles. The highest BCUT2D eigenvalue weighted by Gasteiger charge is 2.29. The van der Waals surface area contributed by atoms with Gasteiger partial charge in [-0.25, -0.2) is 4.79 Å². The Morgan fingerprint density at radius 2 is 2.47 bits per heavy atom. The van der Waals surface area contributed by atoms with E-state index in [9.17, 15) is 4.79 Å². The van der Waals surface area contributed by atoms with E-state index in [0.717, 1.165) is 18.6 Å². The highest BCUT2D eigenvalue weighted by Crippen LogP contribution is 2.19. The molecule has 1 unspecified atom stereocenters. The van der Waals surface area contributed by atoms with Crippen LogP contribution in [-0.2, 0) is 16.0 Å². The highest BCUT2D eigenvalue weighted by molar-refractivity contribution is 5.87. The van der Waals surface area contributed by atoms with E-state index in [2.05, 4.69) is 17.0 Å². The fourth-order valence-electron chi connectivity index (χ4n) is 1.86. The lowest BCUT2D eigenvalue weighted by Crippen LogP contribution is -2.42. The number of furan rings is 1. The molecule has 1 aromatic rings. The minimum atomic E-state index is -0.445. The first-order valence-corrected chi connectivity index (χ1v) is 5.62. The van der Waals surface area contributed by atoms with Crippen LogP contribution in [0.25, 0.3) is 0 Å². The molecule has 1 N–H and O–H groups in total. The lowest BCUT2D eigenvalue weighted by atomic mass is 10.0. The molecule has 0 saturated carbocycles. The second-order valence-electron chi connectivity index (χ2n) is 4.48. The van der Waals surface area contributed by atoms with Gasteiger partial charge in [0.25, 0.3) is 0 Å². The molecule has 1 atom stereocenters. The SMILES string of the molecule is COC(=O)c1occc1CNC1(C)CCOC1. The second kappa shape index (κ2) is 4.89. The molecule has 5 nitrogen and oxygen atoms in total. The van der Waals surface area contributed by atoms with Crippen molar-refractivity contribution in [2.75, 3.05) is 20.3 Å². The second-order valence-corrected chi connectivity index (χ2v) is 4.48. The maximum Gasteiger partial charge on any atom is 0.374 e. The topological polar surface area (TPSA) is 60.7 Å². The molecule has 0 amide bonds. The smallest absolute Gasteiger partial charge is 0.374 e. The molecule has 2 rings (SSSR count). The number of carbonyl (C=O) groups is 1. The standard InChI is InChI=1S/C12H17NO4/c1-12(4-6-16-8-12)13-7-9-3-5-17-10(9)11(14)15-2/h3,5,13H,4,6-8H2,1-2H3. The summed E-state index contributed by atoms with van der Waals surface area (Å²) in [6, 6.07) is 1.78. The van der Waals surface area contributed by atoms with Crippen LogP contribution < -0.4 is 5.32 Å². The molecule has 5 heteroatoms. The molecule has 1 aliphatic rings. The largest absolute Gasteiger partial charge is 0.463 e. The van der Waals surface area contributed by atoms with Gasteiger partial charge in [0.15, 0.2) is 0 Å². The molecule has 0 radical (unpaired) electrons. The molecule has 0 bridgehead atoms. The van der Waals surface area contributed by atoms with Gasteiger partial charge in [0.1, 0.15) is 0 Å². The van der Waals surface area contributed by atoms with Gasteiger partial charge < -0.3 is 19.2 Å². The molecule has 0 aliphatic carbocycles. The van der Waals surface area contributed by atoms with Crippen LogP contribution in [0.5, 0.6) is 0 Å². The summed E-state index contributed by atoms with van der Waals surface area (Å²) >= 11 is 0. The van der Waals surface area contributed by atoms with Crippen LogP contribution in [0.2, 0.25) is 0 Å². The van der Waals surface area contributed by atoms with Crippen molar-refractivity contribution in [2.24, 2.45) is 0 Å². The summed E-state index contributed by atoms with van der Waals surface area (Å²) in [7, 11) is 1.34. The van der Waals surface area contributed by atoms with Crippen molar-refractivity contribution in [1.82, 2.24) is 5.32 Å². The third-order valence-electron chi connectivity index (χ3n) is 3.04. The normalized spacial score (nSPS) is 23.9. The first-order valence-electron chi connectivity index (χ1n) is 5.62. The van der Waals surface area contributed by atoms with E-state index >= 15 is 0 Å². The minimum Gasteiger partial charge on any atom is -0.463 e. The van der Waals surface area contributed by atoms with Crippen molar-refractivity contribution in [2.45, 2.75) is 25.4 Å². The van der Waals surface area contributed by atoms with E-state index in [1.54, 1.807) is 6.07 Å². The maximum atomic E-state index is 11.4. The number of methoxy groups -OCH3 is 1. The highest BCUT2D eigenvalue weighted by atomic mass is 16.5. The molecule has 1 saturated heterocycles. The lowest BCUT2D eigenvalue weighted by Gasteiger charge is -2.23. The average Bonchev–Trinajstić information content (AvgIpc) is 2.94. The van der Waals surface area contributed by atoms with Crippen LogP contribution in [0.1, 0.15) is 29.5 Å². The first kappa shape index (κ1) is 12.1. The number of carbonyl (C=O) groups excluding carboxylic acids is 1. The Labute approximate surface area is 100 Å². The van der Waals surface area contributed by atoms with Crippen LogP contribution in [0, 0.1) is 0 Å². The van der Waals surface area contributed by atoms with E-state index in [0.29, 0.717) is 13.2 Å². The zero-order chi connectivity index (χ0) is 12.3. The maximum absolute atomic E-state index is 11.4. The number of nitrogens with one attached hydrogen (secondary N) is 1. The van der Waals surface area contributed by atoms with Gasteiger partial charge in [-0.05, 0) is 19.4 Å². The van der Waals surface area contributed by atoms with Crippen molar-refractivity contribution in [3.05, 3.63) is 23.7 Å². The van der Waals surface area contributed by atoms with Gasteiger partial charge in [-0.15, -0.1) is 0 Å². The van der Waals surface area contributed by atoms with Crippen LogP contribution >= 0.6 is 0 Å². The van der Waals surface area contributed by atoms with Crippen LogP contribution in [-0.4, -0.2) is 31.8 Å². The molecule has 17 heavy (non-hydrogen) atoms. The van der Waals surface area contributed by atoms with E-state index in [-0.39, 0.29) is 11.3 Å². The number of rotatable bonds is 4. The van der Waals surface area contributed by atoms with Crippen molar-refractivity contribution in [1.29, 1.82) is 0 Å². The summed E-state index contributed by atoms with van der Waals surface area (Å²) in [4.78, 5) is 11.4. The number of esters is 1. The summed E-state index contributed by atoms with van der Waals surface area (Å²) in [6.45, 7) is 4.15. The van der Waals surface area contributed by atoms with E-state index in [4.69, 9.17) is 9.15 Å². The Hall–Kier alpha value is -1.33. The average molecular weight is 239 g/mol. The Bertz CT molecular complexity index is 393. The fourth-order valence-corrected chi connectivity index (χ4v) is 1.86. The number of ether oxygens (including phenoxy) is 2. The number of hydrogen-bond acceptors (Lipinski definition) is 5. The molecular weight excluding hydrogens is 222 g/mol. The summed E-state index contributed by atoms with van der Waals surface area (Å²) in [5.41, 5.74) is 0.787. The molecule has 94 valence electrons. The predicted molar refractivity (Wildman–Crippen MR) is 60.7 cm³/mol. The zero-order valence-corrected chi connectivity index (χ0v) is 10.1. The van der Waals surface area contributed by atoms with Crippen molar-refractivity contribution >= 4 is 5.97 Å². The first-order chi connectivity index (χ1) is 8.14. The monoisotopic (exact) mass is 239 g/mol. The lowest BCUT2D eigenvalue weighted by molar-refractivity contribution is 0.0563. The van der Waals surface area contributed by atoms with Crippen LogP contribution in [0.4, 0.5) is 0 Å². The van der Waals surface area contributed by atoms with Gasteiger partial charge in [0, 0.05) is 24.3 Å². The summed E-state index contributed by atoms with van der Waals surface area (Å²) in [6.07, 6.45) is 2.47. The van der Waals surface area contributed by atoms with Crippen LogP contribution in [0.3, 0.4) is 0 Å². The van der Waals surface area contributed by atoms with Gasteiger partial charge in [-0.3, -0.25) is 0 Å². The molecule has 1 aromatic heterocycles. The Balaban J connectivity index is 1.99. The molecule has 0 aromatic carbocycles. The Morgan fingerprint density at radius 1 is 1.65 bits per heavy atom.